The zero-order valence-corrected chi connectivity index (χ0v) is 13.1. The van der Waals surface area contributed by atoms with Gasteiger partial charge in [-0.15, -0.1) is 11.8 Å². The summed E-state index contributed by atoms with van der Waals surface area (Å²) in [5.74, 6) is 6.57. The van der Waals surface area contributed by atoms with Crippen LogP contribution in [0.2, 0.25) is 25.7 Å². The molecule has 0 aliphatic heterocycles. The van der Waals surface area contributed by atoms with Gasteiger partial charge in [0.2, 0.25) is 0 Å². The van der Waals surface area contributed by atoms with Crippen LogP contribution in [0, 0.1) is 17.3 Å². The van der Waals surface area contributed by atoms with E-state index >= 15 is 0 Å². The Kier molecular flexibility index (Phi) is 4.92. The molecule has 0 amide bonds. The minimum Gasteiger partial charge on any atom is -0.299 e. The molecular weight excluding hydrogens is 240 g/mol. The van der Waals surface area contributed by atoms with E-state index in [4.69, 9.17) is 0 Å². The molecule has 0 atom stereocenters. The third-order valence-electron chi connectivity index (χ3n) is 3.53. The summed E-state index contributed by atoms with van der Waals surface area (Å²) in [6.07, 6.45) is 3.12. The molecule has 100 valence electrons. The molecule has 0 aromatic heterocycles. The van der Waals surface area contributed by atoms with E-state index in [1.165, 1.54) is 0 Å². The summed E-state index contributed by atoms with van der Waals surface area (Å²) in [6, 6.07) is 0.992. The first-order valence-electron chi connectivity index (χ1n) is 6.78. The van der Waals surface area contributed by atoms with E-state index in [1.807, 2.05) is 0 Å². The smallest absolute Gasteiger partial charge is 0.146 e. The summed E-state index contributed by atoms with van der Waals surface area (Å²) in [4.78, 5) is 23.8. The number of rotatable bonds is 3. The van der Waals surface area contributed by atoms with Crippen molar-refractivity contribution in [2.75, 3.05) is 0 Å². The van der Waals surface area contributed by atoms with Gasteiger partial charge < -0.3 is 0 Å². The first kappa shape index (κ1) is 15.2. The van der Waals surface area contributed by atoms with Gasteiger partial charge >= 0.3 is 0 Å². The van der Waals surface area contributed by atoms with Crippen LogP contribution in [-0.4, -0.2) is 19.6 Å². The van der Waals surface area contributed by atoms with Crippen molar-refractivity contribution in [1.82, 2.24) is 0 Å². The molecule has 0 aromatic carbocycles. The Morgan fingerprint density at radius 2 is 1.67 bits per heavy atom. The van der Waals surface area contributed by atoms with Crippen molar-refractivity contribution in [2.24, 2.45) is 5.41 Å². The van der Waals surface area contributed by atoms with Crippen molar-refractivity contribution in [3.05, 3.63) is 0 Å². The topological polar surface area (TPSA) is 34.1 Å². The molecule has 0 radical (unpaired) electrons. The first-order chi connectivity index (χ1) is 8.26. The maximum absolute atomic E-state index is 11.9. The van der Waals surface area contributed by atoms with Gasteiger partial charge in [0.1, 0.15) is 11.6 Å². The fraction of sp³-hybridized carbons (Fsp3) is 0.733. The molecule has 1 aliphatic rings. The van der Waals surface area contributed by atoms with Crippen LogP contribution in [0.1, 0.15) is 39.0 Å². The van der Waals surface area contributed by atoms with E-state index in [2.05, 4.69) is 31.5 Å². The van der Waals surface area contributed by atoms with E-state index in [1.54, 1.807) is 6.92 Å². The summed E-state index contributed by atoms with van der Waals surface area (Å²) in [5.41, 5.74) is -0.744. The van der Waals surface area contributed by atoms with E-state index in [0.29, 0.717) is 25.7 Å². The quantitative estimate of drug-likeness (QED) is 0.444. The summed E-state index contributed by atoms with van der Waals surface area (Å²) >= 11 is 0. The molecule has 3 heteroatoms. The lowest BCUT2D eigenvalue weighted by molar-refractivity contribution is -0.143. The zero-order chi connectivity index (χ0) is 13.8. The molecule has 2 nitrogen and oxygen atoms in total. The highest BCUT2D eigenvalue weighted by molar-refractivity contribution is 6.76. The number of Topliss-reactive ketones (excluding diaryl/α,β-unsaturated/α-hetero) is 2. The predicted octanol–water partition coefficient (Wildman–Crippen LogP) is 3.44. The van der Waals surface area contributed by atoms with Gasteiger partial charge in [0.15, 0.2) is 0 Å². The molecule has 1 aliphatic carbocycles. The third kappa shape index (κ3) is 4.10. The number of hydrogen-bond acceptors (Lipinski definition) is 2. The zero-order valence-electron chi connectivity index (χ0n) is 12.1. The molecule has 0 spiro atoms. The summed E-state index contributed by atoms with van der Waals surface area (Å²) in [7, 11) is -1.10. The maximum Gasteiger partial charge on any atom is 0.146 e. The predicted molar refractivity (Wildman–Crippen MR) is 77.1 cm³/mol. The Morgan fingerprint density at radius 3 is 2.17 bits per heavy atom. The summed E-state index contributed by atoms with van der Waals surface area (Å²) < 4.78 is 0. The molecule has 0 aromatic rings. The lowest BCUT2D eigenvalue weighted by atomic mass is 9.71. The number of carbonyl (C=O) groups excluding carboxylic acids is 2. The van der Waals surface area contributed by atoms with Crippen LogP contribution >= 0.6 is 0 Å². The fourth-order valence-corrected chi connectivity index (χ4v) is 2.78. The molecule has 1 fully saturated rings. The van der Waals surface area contributed by atoms with Crippen LogP contribution in [-0.2, 0) is 9.59 Å². The minimum absolute atomic E-state index is 0.116. The van der Waals surface area contributed by atoms with Gasteiger partial charge in [-0.25, -0.2) is 0 Å². The van der Waals surface area contributed by atoms with Crippen LogP contribution in [0.15, 0.2) is 0 Å². The molecule has 0 unspecified atom stereocenters. The maximum atomic E-state index is 11.9. The average molecular weight is 264 g/mol. The minimum atomic E-state index is -1.10. The Labute approximate surface area is 112 Å². The van der Waals surface area contributed by atoms with E-state index < -0.39 is 13.5 Å². The Hall–Kier alpha value is -0.883. The number of carbonyl (C=O) groups is 2. The lowest BCUT2D eigenvalue weighted by Crippen LogP contribution is -2.39. The Bertz CT molecular complexity index is 377. The van der Waals surface area contributed by atoms with E-state index in [9.17, 15) is 9.59 Å². The molecule has 0 heterocycles. The molecular formula is C15H24O2Si. The average Bonchev–Trinajstić information content (AvgIpc) is 2.24. The number of ketones is 2. The van der Waals surface area contributed by atoms with Crippen molar-refractivity contribution < 1.29 is 9.59 Å². The van der Waals surface area contributed by atoms with Crippen molar-refractivity contribution in [3.63, 3.8) is 0 Å². The lowest BCUT2D eigenvalue weighted by Gasteiger charge is -2.29. The third-order valence-corrected chi connectivity index (χ3v) is 4.77. The van der Waals surface area contributed by atoms with Gasteiger partial charge in [-0.2, -0.15) is 0 Å². The SMILES string of the molecule is CC1(CCC#CC[Si](C)(C)C)C(=O)CCCC1=O. The fourth-order valence-electron chi connectivity index (χ4n) is 2.12. The molecule has 1 saturated carbocycles. The van der Waals surface area contributed by atoms with Crippen LogP contribution in [0.4, 0.5) is 0 Å². The van der Waals surface area contributed by atoms with Crippen LogP contribution < -0.4 is 0 Å². The first-order valence-corrected chi connectivity index (χ1v) is 10.5. The van der Waals surface area contributed by atoms with E-state index in [-0.39, 0.29) is 11.6 Å². The molecule has 0 bridgehead atoms. The highest BCUT2D eigenvalue weighted by Gasteiger charge is 2.41. The molecule has 0 saturated heterocycles. The van der Waals surface area contributed by atoms with Gasteiger partial charge in [-0.1, -0.05) is 19.6 Å². The van der Waals surface area contributed by atoms with Crippen LogP contribution in [0.25, 0.3) is 0 Å². The van der Waals surface area contributed by atoms with Gasteiger partial charge in [-0.05, 0) is 19.8 Å². The summed E-state index contributed by atoms with van der Waals surface area (Å²) in [6.45, 7) is 8.67. The van der Waals surface area contributed by atoms with Gasteiger partial charge in [0.25, 0.3) is 0 Å². The van der Waals surface area contributed by atoms with Crippen molar-refractivity contribution in [2.45, 2.75) is 64.7 Å². The Balaban J connectivity index is 2.51. The Morgan fingerprint density at radius 1 is 1.11 bits per heavy atom. The van der Waals surface area contributed by atoms with E-state index in [0.717, 1.165) is 12.5 Å². The largest absolute Gasteiger partial charge is 0.299 e. The monoisotopic (exact) mass is 264 g/mol. The standard InChI is InChI=1S/C15H24O2Si/c1-15(13(16)9-8-10-14(15)17)11-6-5-7-12-18(2,3)4/h6,8-12H2,1-4H3. The highest BCUT2D eigenvalue weighted by Crippen LogP contribution is 2.33. The second-order valence-electron chi connectivity index (χ2n) is 6.62. The molecule has 0 N–H and O–H groups in total. The second kappa shape index (κ2) is 5.84. The van der Waals surface area contributed by atoms with Gasteiger partial charge in [0.05, 0.1) is 13.5 Å². The molecule has 1 rings (SSSR count). The second-order valence-corrected chi connectivity index (χ2v) is 12.1. The normalized spacial score (nSPS) is 19.3. The van der Waals surface area contributed by atoms with Crippen LogP contribution in [0.5, 0.6) is 0 Å². The van der Waals surface area contributed by atoms with Crippen molar-refractivity contribution in [1.29, 1.82) is 0 Å². The molecule has 18 heavy (non-hydrogen) atoms. The van der Waals surface area contributed by atoms with Gasteiger partial charge in [-0.3, -0.25) is 9.59 Å². The van der Waals surface area contributed by atoms with Crippen molar-refractivity contribution >= 4 is 19.6 Å². The highest BCUT2D eigenvalue weighted by atomic mass is 28.3. The van der Waals surface area contributed by atoms with Crippen LogP contribution in [0.3, 0.4) is 0 Å². The number of hydrogen-bond donors (Lipinski definition) is 0. The van der Waals surface area contributed by atoms with Gasteiger partial charge in [0, 0.05) is 25.3 Å². The summed E-state index contributed by atoms with van der Waals surface area (Å²) in [5, 5.41) is 0. The van der Waals surface area contributed by atoms with Crippen molar-refractivity contribution in [3.8, 4) is 11.8 Å².